The fourth-order valence-electron chi connectivity index (χ4n) is 2.04. The molecule has 1 aromatic carbocycles. The lowest BCUT2D eigenvalue weighted by molar-refractivity contribution is -0.116. The molecule has 21 heavy (non-hydrogen) atoms. The maximum Gasteiger partial charge on any atom is 0.192 e. The maximum absolute atomic E-state index is 11.5. The molecule has 0 bridgehead atoms. The van der Waals surface area contributed by atoms with Crippen LogP contribution in [-0.4, -0.2) is 25.8 Å². The van der Waals surface area contributed by atoms with Crippen molar-refractivity contribution in [3.63, 3.8) is 0 Å². The number of thioether (sulfide) groups is 1. The Morgan fingerprint density at radius 1 is 1.38 bits per heavy atom. The summed E-state index contributed by atoms with van der Waals surface area (Å²) < 4.78 is 2.11. The van der Waals surface area contributed by atoms with Gasteiger partial charge in [0.15, 0.2) is 11.0 Å². The minimum absolute atomic E-state index is 0.102. The summed E-state index contributed by atoms with van der Waals surface area (Å²) in [7, 11) is 0. The average molecular weight is 303 g/mol. The number of hydrogen-bond acceptors (Lipinski definition) is 4. The van der Waals surface area contributed by atoms with Crippen molar-refractivity contribution in [3.8, 4) is 11.4 Å². The highest BCUT2D eigenvalue weighted by Crippen LogP contribution is 2.27. The minimum Gasteiger partial charge on any atom is -0.302 e. The highest BCUT2D eigenvalue weighted by atomic mass is 32.2. The van der Waals surface area contributed by atoms with E-state index in [1.807, 2.05) is 19.1 Å². The maximum atomic E-state index is 11.5. The summed E-state index contributed by atoms with van der Waals surface area (Å²) in [4.78, 5) is 11.5. The molecule has 0 saturated heterocycles. The smallest absolute Gasteiger partial charge is 0.192 e. The lowest BCUT2D eigenvalue weighted by atomic mass is 10.1. The number of rotatable bonds is 6. The topological polar surface area (TPSA) is 47.8 Å². The number of hydrogen-bond donors (Lipinski definition) is 0. The first-order valence-electron chi connectivity index (χ1n) is 7.20. The Morgan fingerprint density at radius 3 is 2.76 bits per heavy atom. The van der Waals surface area contributed by atoms with Crippen molar-refractivity contribution >= 4 is 17.5 Å². The Labute approximate surface area is 130 Å². The first-order chi connectivity index (χ1) is 10.0. The lowest BCUT2D eigenvalue weighted by Crippen LogP contribution is -2.10. The second kappa shape index (κ2) is 6.89. The van der Waals surface area contributed by atoms with Crippen LogP contribution in [0.1, 0.15) is 32.8 Å². The van der Waals surface area contributed by atoms with Crippen molar-refractivity contribution in [2.24, 2.45) is 0 Å². The van der Waals surface area contributed by atoms with Crippen LogP contribution in [0.5, 0.6) is 0 Å². The summed E-state index contributed by atoms with van der Waals surface area (Å²) in [6, 6.07) is 8.25. The molecule has 0 aliphatic heterocycles. The largest absolute Gasteiger partial charge is 0.302 e. The third-order valence-corrected chi connectivity index (χ3v) is 4.49. The van der Waals surface area contributed by atoms with Gasteiger partial charge < -0.3 is 4.57 Å². The van der Waals surface area contributed by atoms with Crippen LogP contribution in [-0.2, 0) is 11.3 Å². The number of nitrogens with zero attached hydrogens (tertiary/aromatic N) is 3. The third-order valence-electron chi connectivity index (χ3n) is 3.30. The monoisotopic (exact) mass is 303 g/mol. The zero-order valence-corrected chi connectivity index (χ0v) is 13.8. The van der Waals surface area contributed by atoms with Crippen LogP contribution in [0.25, 0.3) is 11.4 Å². The van der Waals surface area contributed by atoms with Gasteiger partial charge in [0.05, 0.1) is 5.25 Å². The molecule has 5 heteroatoms. The van der Waals surface area contributed by atoms with Gasteiger partial charge in [-0.05, 0) is 33.3 Å². The van der Waals surface area contributed by atoms with E-state index in [4.69, 9.17) is 0 Å². The Morgan fingerprint density at radius 2 is 2.14 bits per heavy atom. The third kappa shape index (κ3) is 3.73. The molecule has 0 spiro atoms. The van der Waals surface area contributed by atoms with Crippen LogP contribution < -0.4 is 0 Å². The fraction of sp³-hybridized carbons (Fsp3) is 0.438. The molecular formula is C16H21N3OS. The second-order valence-electron chi connectivity index (χ2n) is 5.20. The van der Waals surface area contributed by atoms with E-state index >= 15 is 0 Å². The number of aryl methyl sites for hydroxylation is 1. The van der Waals surface area contributed by atoms with Crippen LogP contribution in [0, 0.1) is 6.92 Å². The van der Waals surface area contributed by atoms with Gasteiger partial charge in [0, 0.05) is 12.1 Å². The van der Waals surface area contributed by atoms with Gasteiger partial charge in [-0.1, -0.05) is 42.4 Å². The van der Waals surface area contributed by atoms with Crippen LogP contribution >= 0.6 is 11.8 Å². The van der Waals surface area contributed by atoms with Crippen molar-refractivity contribution in [1.29, 1.82) is 0 Å². The molecule has 2 rings (SSSR count). The number of Topliss-reactive ketones (excluding diaryl/α,β-unsaturated/α-hetero) is 1. The summed E-state index contributed by atoms with van der Waals surface area (Å²) in [6.45, 7) is 8.56. The van der Waals surface area contributed by atoms with E-state index in [0.717, 1.165) is 29.5 Å². The minimum atomic E-state index is -0.102. The molecule has 0 radical (unpaired) electrons. The number of aromatic nitrogens is 3. The van der Waals surface area contributed by atoms with E-state index in [1.165, 1.54) is 17.3 Å². The van der Waals surface area contributed by atoms with Crippen molar-refractivity contribution in [1.82, 2.24) is 14.8 Å². The van der Waals surface area contributed by atoms with E-state index < -0.39 is 0 Å². The fourth-order valence-corrected chi connectivity index (χ4v) is 2.92. The molecule has 0 aliphatic carbocycles. The molecule has 0 N–H and O–H groups in total. The lowest BCUT2D eigenvalue weighted by Gasteiger charge is -2.11. The summed E-state index contributed by atoms with van der Waals surface area (Å²) in [6.07, 6.45) is 0.999. The van der Waals surface area contributed by atoms with Gasteiger partial charge in [0.1, 0.15) is 5.78 Å². The van der Waals surface area contributed by atoms with Crippen LogP contribution in [0.2, 0.25) is 0 Å². The molecular weight excluding hydrogens is 282 g/mol. The summed E-state index contributed by atoms with van der Waals surface area (Å²) in [5.74, 6) is 1.03. The summed E-state index contributed by atoms with van der Waals surface area (Å²) in [5.41, 5.74) is 2.27. The van der Waals surface area contributed by atoms with Crippen molar-refractivity contribution in [2.45, 2.75) is 51.1 Å². The van der Waals surface area contributed by atoms with Crippen LogP contribution in [0.4, 0.5) is 0 Å². The van der Waals surface area contributed by atoms with Gasteiger partial charge in [0.2, 0.25) is 0 Å². The highest BCUT2D eigenvalue weighted by molar-refractivity contribution is 8.00. The first kappa shape index (κ1) is 15.8. The van der Waals surface area contributed by atoms with Gasteiger partial charge in [-0.15, -0.1) is 10.2 Å². The van der Waals surface area contributed by atoms with Gasteiger partial charge in [0.25, 0.3) is 0 Å². The van der Waals surface area contributed by atoms with E-state index in [-0.39, 0.29) is 11.0 Å². The Hall–Kier alpha value is -1.62. The predicted octanol–water partition coefficient (Wildman–Crippen LogP) is 3.73. The van der Waals surface area contributed by atoms with Gasteiger partial charge in [-0.2, -0.15) is 0 Å². The number of benzene rings is 1. The van der Waals surface area contributed by atoms with Gasteiger partial charge >= 0.3 is 0 Å². The van der Waals surface area contributed by atoms with Crippen molar-refractivity contribution in [3.05, 3.63) is 29.8 Å². The molecule has 0 saturated carbocycles. The average Bonchev–Trinajstić information content (AvgIpc) is 2.82. The molecule has 1 aromatic heterocycles. The quantitative estimate of drug-likeness (QED) is 0.763. The molecule has 0 amide bonds. The standard InChI is InChI=1S/C16H21N3OS/c1-5-9-19-15(14-8-6-7-11(2)10-14)17-18-16(19)21-13(4)12(3)20/h6-8,10,13H,5,9H2,1-4H3. The Balaban J connectivity index is 2.39. The van der Waals surface area contributed by atoms with E-state index in [9.17, 15) is 4.79 Å². The zero-order chi connectivity index (χ0) is 15.4. The number of ketones is 1. The van der Waals surface area contributed by atoms with Crippen LogP contribution in [0.3, 0.4) is 0 Å². The van der Waals surface area contributed by atoms with E-state index in [0.29, 0.717) is 0 Å². The normalized spacial score (nSPS) is 12.4. The molecule has 2 aromatic rings. The van der Waals surface area contributed by atoms with E-state index in [1.54, 1.807) is 6.92 Å². The molecule has 1 unspecified atom stereocenters. The van der Waals surface area contributed by atoms with Crippen molar-refractivity contribution < 1.29 is 4.79 Å². The SMILES string of the molecule is CCCn1c(SC(C)C(C)=O)nnc1-c1cccc(C)c1. The van der Waals surface area contributed by atoms with E-state index in [2.05, 4.69) is 40.7 Å². The molecule has 0 fully saturated rings. The van der Waals surface area contributed by atoms with Gasteiger partial charge in [-0.3, -0.25) is 4.79 Å². The summed E-state index contributed by atoms with van der Waals surface area (Å²) >= 11 is 1.48. The Kier molecular flexibility index (Phi) is 5.17. The molecule has 112 valence electrons. The number of carbonyl (C=O) groups excluding carboxylic acids is 1. The molecule has 0 aliphatic rings. The van der Waals surface area contributed by atoms with Gasteiger partial charge in [-0.25, -0.2) is 0 Å². The van der Waals surface area contributed by atoms with Crippen LogP contribution in [0.15, 0.2) is 29.4 Å². The first-order valence-corrected chi connectivity index (χ1v) is 8.08. The highest BCUT2D eigenvalue weighted by Gasteiger charge is 2.18. The van der Waals surface area contributed by atoms with Crippen molar-refractivity contribution in [2.75, 3.05) is 0 Å². The summed E-state index contributed by atoms with van der Waals surface area (Å²) in [5, 5.41) is 9.34. The molecule has 1 heterocycles. The Bertz CT molecular complexity index is 636. The predicted molar refractivity (Wildman–Crippen MR) is 86.5 cm³/mol. The zero-order valence-electron chi connectivity index (χ0n) is 13.0. The molecule has 4 nitrogen and oxygen atoms in total. The number of carbonyl (C=O) groups is 1. The second-order valence-corrected chi connectivity index (χ2v) is 6.51. The molecule has 1 atom stereocenters.